The summed E-state index contributed by atoms with van der Waals surface area (Å²) in [6.07, 6.45) is 0.761. The van der Waals surface area contributed by atoms with Crippen molar-refractivity contribution in [2.24, 2.45) is 0 Å². The predicted molar refractivity (Wildman–Crippen MR) is 91.4 cm³/mol. The molecule has 3 N–H and O–H groups in total. The summed E-state index contributed by atoms with van der Waals surface area (Å²) in [7, 11) is 0. The average molecular weight is 308 g/mol. The molecule has 0 bridgehead atoms. The molecule has 1 heterocycles. The van der Waals surface area contributed by atoms with Gasteiger partial charge in [0.1, 0.15) is 5.69 Å². The summed E-state index contributed by atoms with van der Waals surface area (Å²) in [6.45, 7) is 2.66. The lowest BCUT2D eigenvalue weighted by atomic mass is 10.1. The summed E-state index contributed by atoms with van der Waals surface area (Å²) in [4.78, 5) is 15.4. The van der Waals surface area contributed by atoms with E-state index < -0.39 is 0 Å². The Labute approximate surface area is 135 Å². The van der Waals surface area contributed by atoms with Crippen molar-refractivity contribution in [2.75, 3.05) is 6.54 Å². The number of hydrogen-bond donors (Lipinski definition) is 3. The van der Waals surface area contributed by atoms with Crippen LogP contribution in [0.15, 0.2) is 48.5 Å². The Bertz CT molecular complexity index is 819. The maximum Gasteiger partial charge on any atom is 0.267 e. The first-order chi connectivity index (χ1) is 11.2. The number of fused-ring (bicyclic) bond motifs is 1. The number of H-pyrrole nitrogens is 1. The van der Waals surface area contributed by atoms with E-state index in [9.17, 15) is 4.79 Å². The van der Waals surface area contributed by atoms with E-state index in [2.05, 4.69) is 10.3 Å². The van der Waals surface area contributed by atoms with Crippen molar-refractivity contribution in [3.8, 4) is 0 Å². The van der Waals surface area contributed by atoms with Gasteiger partial charge in [0, 0.05) is 17.4 Å². The minimum atomic E-state index is -0.0918. The molecule has 1 aromatic heterocycles. The highest BCUT2D eigenvalue weighted by atomic mass is 16.3. The monoisotopic (exact) mass is 308 g/mol. The Morgan fingerprint density at radius 3 is 2.57 bits per heavy atom. The van der Waals surface area contributed by atoms with Crippen molar-refractivity contribution in [2.45, 2.75) is 20.0 Å². The molecule has 4 heteroatoms. The Morgan fingerprint density at radius 2 is 1.83 bits per heavy atom. The van der Waals surface area contributed by atoms with Gasteiger partial charge >= 0.3 is 0 Å². The lowest BCUT2D eigenvalue weighted by Crippen LogP contribution is -2.25. The number of rotatable bonds is 5. The first-order valence-corrected chi connectivity index (χ1v) is 7.72. The third kappa shape index (κ3) is 3.60. The quantitative estimate of drug-likeness (QED) is 0.678. The lowest BCUT2D eigenvalue weighted by molar-refractivity contribution is 0.0950. The summed E-state index contributed by atoms with van der Waals surface area (Å²) in [6, 6.07) is 15.7. The van der Waals surface area contributed by atoms with E-state index in [-0.39, 0.29) is 12.5 Å². The molecule has 0 atom stereocenters. The molecular formula is C19H20N2O2. The van der Waals surface area contributed by atoms with Crippen LogP contribution in [0.25, 0.3) is 10.9 Å². The summed E-state index contributed by atoms with van der Waals surface area (Å²) < 4.78 is 0. The molecule has 0 spiro atoms. The standard InChI is InChI=1S/C19H20N2O2/c1-13-2-7-16-11-18(21-17(16)10-13)19(23)20-9-8-14-3-5-15(12-22)6-4-14/h2-7,10-11,21-22H,8-9,12H2,1H3,(H,20,23). The predicted octanol–water partition coefficient (Wildman–Crippen LogP) is 2.94. The lowest BCUT2D eigenvalue weighted by Gasteiger charge is -2.05. The second-order valence-corrected chi connectivity index (χ2v) is 5.75. The number of aryl methyl sites for hydroxylation is 1. The van der Waals surface area contributed by atoms with Crippen LogP contribution in [0.3, 0.4) is 0 Å². The van der Waals surface area contributed by atoms with Gasteiger partial charge in [-0.1, -0.05) is 36.4 Å². The minimum Gasteiger partial charge on any atom is -0.392 e. The summed E-state index contributed by atoms with van der Waals surface area (Å²) in [5.74, 6) is -0.0918. The Hall–Kier alpha value is -2.59. The fraction of sp³-hybridized carbons (Fsp3) is 0.211. The van der Waals surface area contributed by atoms with E-state index in [0.717, 1.165) is 34.0 Å². The topological polar surface area (TPSA) is 65.1 Å². The maximum absolute atomic E-state index is 12.2. The zero-order chi connectivity index (χ0) is 16.2. The molecule has 0 fully saturated rings. The van der Waals surface area contributed by atoms with Gasteiger partial charge < -0.3 is 15.4 Å². The molecule has 1 amide bonds. The number of amides is 1. The van der Waals surface area contributed by atoms with Crippen LogP contribution in [-0.4, -0.2) is 22.5 Å². The van der Waals surface area contributed by atoms with Crippen molar-refractivity contribution < 1.29 is 9.90 Å². The van der Waals surface area contributed by atoms with Gasteiger partial charge in [-0.05, 0) is 42.2 Å². The number of nitrogens with one attached hydrogen (secondary N) is 2. The SMILES string of the molecule is Cc1ccc2cc(C(=O)NCCc3ccc(CO)cc3)[nH]c2c1. The van der Waals surface area contributed by atoms with Crippen LogP contribution in [0.5, 0.6) is 0 Å². The third-order valence-electron chi connectivity index (χ3n) is 3.93. The van der Waals surface area contributed by atoms with Crippen molar-refractivity contribution in [3.05, 3.63) is 70.9 Å². The van der Waals surface area contributed by atoms with Crippen LogP contribution in [0.4, 0.5) is 0 Å². The van der Waals surface area contributed by atoms with Gasteiger partial charge in [-0.25, -0.2) is 0 Å². The number of carbonyl (C=O) groups excluding carboxylic acids is 1. The summed E-state index contributed by atoms with van der Waals surface area (Å²) in [5, 5.41) is 13.0. The molecule has 0 aliphatic rings. The first kappa shape index (κ1) is 15.3. The summed E-state index contributed by atoms with van der Waals surface area (Å²) in [5.41, 5.74) is 4.76. The van der Waals surface area contributed by atoms with E-state index in [1.165, 1.54) is 0 Å². The summed E-state index contributed by atoms with van der Waals surface area (Å²) >= 11 is 0. The van der Waals surface area contributed by atoms with Gasteiger partial charge in [0.2, 0.25) is 0 Å². The van der Waals surface area contributed by atoms with E-state index in [0.29, 0.717) is 12.2 Å². The number of benzene rings is 2. The second kappa shape index (κ2) is 6.67. The molecule has 3 rings (SSSR count). The van der Waals surface area contributed by atoms with Crippen molar-refractivity contribution in [3.63, 3.8) is 0 Å². The molecule has 0 aliphatic heterocycles. The third-order valence-corrected chi connectivity index (χ3v) is 3.93. The largest absolute Gasteiger partial charge is 0.392 e. The normalized spacial score (nSPS) is 10.9. The maximum atomic E-state index is 12.2. The van der Waals surface area contributed by atoms with E-state index in [1.54, 1.807) is 0 Å². The number of aliphatic hydroxyl groups is 1. The second-order valence-electron chi connectivity index (χ2n) is 5.75. The van der Waals surface area contributed by atoms with Gasteiger partial charge in [-0.15, -0.1) is 0 Å². The van der Waals surface area contributed by atoms with Crippen LogP contribution in [0, 0.1) is 6.92 Å². The van der Waals surface area contributed by atoms with Crippen LogP contribution >= 0.6 is 0 Å². The number of carbonyl (C=O) groups is 1. The van der Waals surface area contributed by atoms with Gasteiger partial charge in [0.25, 0.3) is 5.91 Å². The number of aromatic amines is 1. The molecule has 3 aromatic rings. The fourth-order valence-electron chi connectivity index (χ4n) is 2.59. The molecule has 0 radical (unpaired) electrons. The molecular weight excluding hydrogens is 288 g/mol. The van der Waals surface area contributed by atoms with Crippen LogP contribution < -0.4 is 5.32 Å². The van der Waals surface area contributed by atoms with Gasteiger partial charge in [-0.3, -0.25) is 4.79 Å². The molecule has 118 valence electrons. The minimum absolute atomic E-state index is 0.0525. The Balaban J connectivity index is 1.59. The Morgan fingerprint density at radius 1 is 1.09 bits per heavy atom. The highest BCUT2D eigenvalue weighted by Crippen LogP contribution is 2.16. The van der Waals surface area contributed by atoms with Crippen LogP contribution in [0.2, 0.25) is 0 Å². The van der Waals surface area contributed by atoms with E-state index in [1.807, 2.05) is 55.5 Å². The Kier molecular flexibility index (Phi) is 4.44. The molecule has 0 unspecified atom stereocenters. The van der Waals surface area contributed by atoms with Crippen molar-refractivity contribution >= 4 is 16.8 Å². The number of hydrogen-bond acceptors (Lipinski definition) is 2. The van der Waals surface area contributed by atoms with Crippen molar-refractivity contribution in [1.29, 1.82) is 0 Å². The molecule has 2 aromatic carbocycles. The van der Waals surface area contributed by atoms with Gasteiger partial charge in [0.05, 0.1) is 6.61 Å². The molecule has 0 saturated heterocycles. The van der Waals surface area contributed by atoms with E-state index >= 15 is 0 Å². The molecule has 0 saturated carbocycles. The molecule has 0 aliphatic carbocycles. The van der Waals surface area contributed by atoms with Gasteiger partial charge in [-0.2, -0.15) is 0 Å². The zero-order valence-electron chi connectivity index (χ0n) is 13.1. The average Bonchev–Trinajstić information content (AvgIpc) is 2.98. The van der Waals surface area contributed by atoms with Crippen LogP contribution in [-0.2, 0) is 13.0 Å². The smallest absolute Gasteiger partial charge is 0.267 e. The number of aliphatic hydroxyl groups excluding tert-OH is 1. The molecule has 4 nitrogen and oxygen atoms in total. The first-order valence-electron chi connectivity index (χ1n) is 7.72. The number of aromatic nitrogens is 1. The van der Waals surface area contributed by atoms with Gasteiger partial charge in [0.15, 0.2) is 0 Å². The fourth-order valence-corrected chi connectivity index (χ4v) is 2.59. The highest BCUT2D eigenvalue weighted by Gasteiger charge is 2.09. The zero-order valence-corrected chi connectivity index (χ0v) is 13.1. The van der Waals surface area contributed by atoms with Crippen molar-refractivity contribution in [1.82, 2.24) is 10.3 Å². The van der Waals surface area contributed by atoms with E-state index in [4.69, 9.17) is 5.11 Å². The highest BCUT2D eigenvalue weighted by molar-refractivity contribution is 5.98. The molecule has 23 heavy (non-hydrogen) atoms. The van der Waals surface area contributed by atoms with Crippen LogP contribution in [0.1, 0.15) is 27.2 Å².